The lowest BCUT2D eigenvalue weighted by Gasteiger charge is -2.08. The molecule has 3 aromatic heterocycles. The van der Waals surface area contributed by atoms with E-state index in [0.717, 1.165) is 11.8 Å². The Kier molecular flexibility index (Phi) is 7.05. The molecular formula is C22H17BrF3N7O3. The molecular weight excluding hydrogens is 547 g/mol. The van der Waals surface area contributed by atoms with Crippen molar-refractivity contribution in [3.8, 4) is 22.7 Å². The van der Waals surface area contributed by atoms with E-state index in [9.17, 15) is 22.8 Å². The van der Waals surface area contributed by atoms with Crippen LogP contribution in [0.4, 0.5) is 24.7 Å². The molecule has 0 atom stereocenters. The predicted octanol–water partition coefficient (Wildman–Crippen LogP) is 4.35. The quantitative estimate of drug-likeness (QED) is 0.232. The number of primary amides is 1. The first-order valence-electron chi connectivity index (χ1n) is 10.2. The second kappa shape index (κ2) is 10.2. The Morgan fingerprint density at radius 3 is 2.56 bits per heavy atom. The summed E-state index contributed by atoms with van der Waals surface area (Å²) < 4.78 is 42.7. The zero-order valence-electron chi connectivity index (χ0n) is 18.2. The average molecular weight is 564 g/mol. The molecule has 0 aliphatic rings. The Balaban J connectivity index is 1.57. The van der Waals surface area contributed by atoms with Gasteiger partial charge >= 0.3 is 6.18 Å². The van der Waals surface area contributed by atoms with Gasteiger partial charge in [-0.3, -0.25) is 14.7 Å². The molecule has 186 valence electrons. The number of halogens is 4. The summed E-state index contributed by atoms with van der Waals surface area (Å²) >= 11 is 3.36. The highest BCUT2D eigenvalue weighted by atomic mass is 79.9. The highest BCUT2D eigenvalue weighted by Gasteiger charge is 2.27. The van der Waals surface area contributed by atoms with Gasteiger partial charge < -0.3 is 20.8 Å². The van der Waals surface area contributed by atoms with Gasteiger partial charge in [-0.15, -0.1) is 0 Å². The summed E-state index contributed by atoms with van der Waals surface area (Å²) in [7, 11) is 0. The van der Waals surface area contributed by atoms with Crippen LogP contribution in [0, 0.1) is 0 Å². The highest BCUT2D eigenvalue weighted by molar-refractivity contribution is 9.08. The third-order valence-corrected chi connectivity index (χ3v) is 5.49. The Morgan fingerprint density at radius 1 is 1.14 bits per heavy atom. The molecule has 0 unspecified atom stereocenters. The van der Waals surface area contributed by atoms with E-state index in [1.54, 1.807) is 12.1 Å². The van der Waals surface area contributed by atoms with Gasteiger partial charge in [-0.2, -0.15) is 18.3 Å². The van der Waals surface area contributed by atoms with Crippen LogP contribution >= 0.6 is 15.9 Å². The summed E-state index contributed by atoms with van der Waals surface area (Å²) in [6, 6.07) is 10.0. The van der Waals surface area contributed by atoms with Gasteiger partial charge in [0.2, 0.25) is 5.89 Å². The van der Waals surface area contributed by atoms with Crippen molar-refractivity contribution in [2.24, 2.45) is 5.73 Å². The number of pyridine rings is 1. The summed E-state index contributed by atoms with van der Waals surface area (Å²) in [5.74, 6) is -1.63. The lowest BCUT2D eigenvalue weighted by Crippen LogP contribution is -2.21. The molecule has 1 aromatic carbocycles. The van der Waals surface area contributed by atoms with Gasteiger partial charge in [0.15, 0.2) is 5.69 Å². The van der Waals surface area contributed by atoms with E-state index in [0.29, 0.717) is 16.5 Å². The number of anilines is 2. The number of hydrogen-bond donors (Lipinski definition) is 4. The Hall–Kier alpha value is -4.20. The minimum atomic E-state index is -4.42. The minimum absolute atomic E-state index is 0.0227. The van der Waals surface area contributed by atoms with E-state index in [4.69, 9.17) is 10.2 Å². The number of aromatic amines is 1. The molecule has 2 amide bonds. The first-order chi connectivity index (χ1) is 17.1. The number of carbonyl (C=O) groups excluding carboxylic acids is 2. The highest BCUT2D eigenvalue weighted by Crippen LogP contribution is 2.30. The van der Waals surface area contributed by atoms with Gasteiger partial charge in [0.25, 0.3) is 11.8 Å². The number of H-pyrrole nitrogens is 1. The maximum Gasteiger partial charge on any atom is 0.405 e. The largest absolute Gasteiger partial charge is 0.444 e. The van der Waals surface area contributed by atoms with Crippen molar-refractivity contribution in [3.63, 3.8) is 0 Å². The second-order valence-electron chi connectivity index (χ2n) is 7.41. The van der Waals surface area contributed by atoms with Gasteiger partial charge in [-0.05, 0) is 17.7 Å². The van der Waals surface area contributed by atoms with Crippen molar-refractivity contribution in [1.29, 1.82) is 0 Å². The summed E-state index contributed by atoms with van der Waals surface area (Å²) in [6.45, 7) is -1.27. The number of alkyl halides is 4. The molecule has 0 bridgehead atoms. The molecule has 0 radical (unpaired) electrons. The first-order valence-corrected chi connectivity index (χ1v) is 11.3. The molecule has 36 heavy (non-hydrogen) atoms. The molecule has 0 aliphatic heterocycles. The van der Waals surface area contributed by atoms with Crippen molar-refractivity contribution in [1.82, 2.24) is 20.2 Å². The van der Waals surface area contributed by atoms with Crippen LogP contribution in [0.15, 0.2) is 53.3 Å². The average Bonchev–Trinajstić information content (AvgIpc) is 3.51. The number of rotatable bonds is 8. The van der Waals surface area contributed by atoms with E-state index >= 15 is 0 Å². The lowest BCUT2D eigenvalue weighted by molar-refractivity contribution is -0.115. The van der Waals surface area contributed by atoms with Crippen LogP contribution in [0.5, 0.6) is 0 Å². The van der Waals surface area contributed by atoms with E-state index in [2.05, 4.69) is 46.7 Å². The number of nitrogens with two attached hydrogens (primary N) is 1. The van der Waals surface area contributed by atoms with Gasteiger partial charge in [-0.25, -0.2) is 9.97 Å². The molecule has 5 N–H and O–H groups in total. The van der Waals surface area contributed by atoms with Crippen LogP contribution in [0.2, 0.25) is 0 Å². The number of hydrogen-bond acceptors (Lipinski definition) is 7. The SMILES string of the molecule is NC(=O)c1[nH]nc(-c2ccc(CBr)cc2)c1NC(=O)c1coc(-c2ccnc(NCC(F)(F)F)c2)n1. The lowest BCUT2D eigenvalue weighted by atomic mass is 10.1. The van der Waals surface area contributed by atoms with E-state index in [-0.39, 0.29) is 34.5 Å². The molecule has 0 fully saturated rings. The fourth-order valence-corrected chi connectivity index (χ4v) is 3.52. The molecule has 10 nitrogen and oxygen atoms in total. The van der Waals surface area contributed by atoms with Gasteiger partial charge in [-0.1, -0.05) is 40.2 Å². The molecule has 4 rings (SSSR count). The smallest absolute Gasteiger partial charge is 0.405 e. The summed E-state index contributed by atoms with van der Waals surface area (Å²) in [4.78, 5) is 32.7. The number of aromatic nitrogens is 4. The summed E-state index contributed by atoms with van der Waals surface area (Å²) in [5.41, 5.74) is 7.44. The van der Waals surface area contributed by atoms with Crippen LogP contribution in [0.25, 0.3) is 22.7 Å². The van der Waals surface area contributed by atoms with Crippen molar-refractivity contribution in [2.45, 2.75) is 11.5 Å². The predicted molar refractivity (Wildman–Crippen MR) is 127 cm³/mol. The van der Waals surface area contributed by atoms with Crippen molar-refractivity contribution in [3.05, 3.63) is 65.8 Å². The van der Waals surface area contributed by atoms with Crippen LogP contribution < -0.4 is 16.4 Å². The van der Waals surface area contributed by atoms with E-state index in [1.807, 2.05) is 12.1 Å². The number of oxazole rings is 1. The number of nitrogens with one attached hydrogen (secondary N) is 3. The number of benzene rings is 1. The number of nitrogens with zero attached hydrogens (tertiary/aromatic N) is 3. The first kappa shape index (κ1) is 24.9. The second-order valence-corrected chi connectivity index (χ2v) is 7.97. The van der Waals surface area contributed by atoms with Crippen LogP contribution in [-0.4, -0.2) is 44.7 Å². The Morgan fingerprint density at radius 2 is 1.89 bits per heavy atom. The topological polar surface area (TPSA) is 152 Å². The van der Waals surface area contributed by atoms with Gasteiger partial charge in [0.05, 0.1) is 0 Å². The maximum absolute atomic E-state index is 12.9. The zero-order valence-corrected chi connectivity index (χ0v) is 19.8. The molecule has 0 aliphatic carbocycles. The molecule has 4 aromatic rings. The molecule has 3 heterocycles. The normalized spacial score (nSPS) is 11.3. The zero-order chi connectivity index (χ0) is 25.9. The third kappa shape index (κ3) is 5.71. The monoisotopic (exact) mass is 563 g/mol. The number of carbonyl (C=O) groups is 2. The van der Waals surface area contributed by atoms with Crippen molar-refractivity contribution < 1.29 is 27.2 Å². The minimum Gasteiger partial charge on any atom is -0.444 e. The third-order valence-electron chi connectivity index (χ3n) is 4.85. The fraction of sp³-hybridized carbons (Fsp3) is 0.136. The summed E-state index contributed by atoms with van der Waals surface area (Å²) in [6.07, 6.45) is -2.07. The fourth-order valence-electron chi connectivity index (χ4n) is 3.14. The van der Waals surface area contributed by atoms with Crippen LogP contribution in [0.1, 0.15) is 26.5 Å². The van der Waals surface area contributed by atoms with Crippen LogP contribution in [-0.2, 0) is 5.33 Å². The van der Waals surface area contributed by atoms with Crippen LogP contribution in [0.3, 0.4) is 0 Å². The van der Waals surface area contributed by atoms with Gasteiger partial charge in [0, 0.05) is 22.7 Å². The van der Waals surface area contributed by atoms with Gasteiger partial charge in [0.1, 0.15) is 35.7 Å². The molecule has 0 spiro atoms. The van der Waals surface area contributed by atoms with E-state index < -0.39 is 24.5 Å². The molecule has 0 saturated heterocycles. The van der Waals surface area contributed by atoms with E-state index in [1.165, 1.54) is 18.3 Å². The Labute approximate surface area is 209 Å². The molecule has 14 heteroatoms. The van der Waals surface area contributed by atoms with Crippen molar-refractivity contribution in [2.75, 3.05) is 17.2 Å². The standard InChI is InChI=1S/C22H17BrF3N7O3/c23-8-11-1-3-12(4-2-11)16-17(18(19(27)34)33-32-16)31-20(35)14-9-36-21(30-14)13-5-6-28-15(7-13)29-10-22(24,25)26/h1-7,9H,8,10H2,(H2,27,34)(H,28,29)(H,31,35)(H,32,33). The number of amides is 2. The maximum atomic E-state index is 12.9. The van der Waals surface area contributed by atoms with Crippen molar-refractivity contribution >= 4 is 39.2 Å². The Bertz CT molecular complexity index is 1400. The summed E-state index contributed by atoms with van der Waals surface area (Å²) in [5, 5.41) is 12.0. The molecule has 0 saturated carbocycles.